The Morgan fingerprint density at radius 3 is 2.75 bits per heavy atom. The normalized spacial score (nSPS) is 25.4. The quantitative estimate of drug-likeness (QED) is 0.762. The number of hydrogen-bond donors (Lipinski definition) is 3. The number of carbonyl (C=O) groups excluding carboxylic acids is 1. The summed E-state index contributed by atoms with van der Waals surface area (Å²) in [5.41, 5.74) is 4.67. The second-order valence-corrected chi connectivity index (χ2v) is 4.99. The highest BCUT2D eigenvalue weighted by molar-refractivity contribution is 5.96. The van der Waals surface area contributed by atoms with E-state index in [1.807, 2.05) is 0 Å². The number of amides is 1. The second-order valence-electron chi connectivity index (χ2n) is 4.99. The predicted molar refractivity (Wildman–Crippen MR) is 68.9 cm³/mol. The predicted octanol–water partition coefficient (Wildman–Crippen LogP) is 0.826. The first-order chi connectivity index (χ1) is 9.34. The van der Waals surface area contributed by atoms with Gasteiger partial charge in [-0.15, -0.1) is 0 Å². The van der Waals surface area contributed by atoms with E-state index in [0.717, 1.165) is 12.1 Å². The highest BCUT2D eigenvalue weighted by atomic mass is 19.1. The molecule has 0 spiro atoms. The Morgan fingerprint density at radius 2 is 2.25 bits per heavy atom. The molecule has 1 aromatic carbocycles. The molecule has 1 aliphatic heterocycles. The highest BCUT2D eigenvalue weighted by Gasteiger charge is 2.44. The Kier molecular flexibility index (Phi) is 3.74. The fourth-order valence-electron chi connectivity index (χ4n) is 1.96. The molecule has 0 saturated carbocycles. The lowest BCUT2D eigenvalue weighted by atomic mass is 9.85. The third-order valence-electron chi connectivity index (χ3n) is 3.49. The molecule has 20 heavy (non-hydrogen) atoms. The standard InChI is InChI=1S/C13H15FN2O4/c1-13(6-20-5-10(13)15)12(19)16-7-2-3-8(11(17)18)9(14)4-7/h2-4,10H,5-6,15H2,1H3,(H,16,19)(H,17,18). The van der Waals surface area contributed by atoms with Crippen LogP contribution < -0.4 is 11.1 Å². The van der Waals surface area contributed by atoms with Crippen molar-refractivity contribution in [3.05, 3.63) is 29.6 Å². The molecule has 2 unspecified atom stereocenters. The van der Waals surface area contributed by atoms with Crippen molar-refractivity contribution in [1.29, 1.82) is 0 Å². The third kappa shape index (κ3) is 2.50. The van der Waals surface area contributed by atoms with Crippen LogP contribution in [0, 0.1) is 11.2 Å². The van der Waals surface area contributed by atoms with Gasteiger partial charge in [-0.2, -0.15) is 0 Å². The zero-order chi connectivity index (χ0) is 14.9. The first-order valence-electron chi connectivity index (χ1n) is 6.02. The molecule has 2 atom stereocenters. The molecule has 1 saturated heterocycles. The third-order valence-corrected chi connectivity index (χ3v) is 3.49. The summed E-state index contributed by atoms with van der Waals surface area (Å²) in [6.07, 6.45) is 0. The van der Waals surface area contributed by atoms with Crippen molar-refractivity contribution in [3.8, 4) is 0 Å². The van der Waals surface area contributed by atoms with Crippen LogP contribution in [-0.2, 0) is 9.53 Å². The smallest absolute Gasteiger partial charge is 0.338 e. The van der Waals surface area contributed by atoms with Gasteiger partial charge in [-0.05, 0) is 25.1 Å². The zero-order valence-electron chi connectivity index (χ0n) is 10.9. The number of rotatable bonds is 3. The van der Waals surface area contributed by atoms with Gasteiger partial charge in [-0.25, -0.2) is 9.18 Å². The van der Waals surface area contributed by atoms with E-state index in [1.54, 1.807) is 6.92 Å². The minimum absolute atomic E-state index is 0.179. The number of carbonyl (C=O) groups is 2. The van der Waals surface area contributed by atoms with Gasteiger partial charge in [0.1, 0.15) is 5.82 Å². The number of anilines is 1. The van der Waals surface area contributed by atoms with Crippen LogP contribution in [-0.4, -0.2) is 36.2 Å². The van der Waals surface area contributed by atoms with Gasteiger partial charge in [0, 0.05) is 11.7 Å². The molecule has 1 aromatic rings. The molecule has 1 aliphatic rings. The van der Waals surface area contributed by atoms with Gasteiger partial charge >= 0.3 is 5.97 Å². The SMILES string of the molecule is CC1(C(=O)Nc2ccc(C(=O)O)c(F)c2)COCC1N. The maximum Gasteiger partial charge on any atom is 0.338 e. The van der Waals surface area contributed by atoms with Gasteiger partial charge in [-0.1, -0.05) is 0 Å². The van der Waals surface area contributed by atoms with Crippen LogP contribution in [0.15, 0.2) is 18.2 Å². The molecule has 1 heterocycles. The Hall–Kier alpha value is -1.99. The lowest BCUT2D eigenvalue weighted by Crippen LogP contribution is -2.47. The maximum absolute atomic E-state index is 13.5. The molecule has 0 bridgehead atoms. The second kappa shape index (κ2) is 5.18. The van der Waals surface area contributed by atoms with Crippen molar-refractivity contribution >= 4 is 17.6 Å². The van der Waals surface area contributed by atoms with Crippen LogP contribution in [0.4, 0.5) is 10.1 Å². The number of halogens is 1. The van der Waals surface area contributed by atoms with E-state index >= 15 is 0 Å². The van der Waals surface area contributed by atoms with Crippen molar-refractivity contribution in [1.82, 2.24) is 0 Å². The van der Waals surface area contributed by atoms with Gasteiger partial charge in [-0.3, -0.25) is 4.79 Å². The number of nitrogens with two attached hydrogens (primary N) is 1. The van der Waals surface area contributed by atoms with Gasteiger partial charge in [0.05, 0.1) is 24.2 Å². The minimum atomic E-state index is -1.36. The monoisotopic (exact) mass is 282 g/mol. The molecule has 7 heteroatoms. The zero-order valence-corrected chi connectivity index (χ0v) is 10.9. The summed E-state index contributed by atoms with van der Waals surface area (Å²) in [4.78, 5) is 22.9. The van der Waals surface area contributed by atoms with Crippen LogP contribution in [0.3, 0.4) is 0 Å². The number of carboxylic acid groups (broad SMARTS) is 1. The number of benzene rings is 1. The molecule has 2 rings (SSSR count). The Bertz CT molecular complexity index is 563. The summed E-state index contributed by atoms with van der Waals surface area (Å²) >= 11 is 0. The van der Waals surface area contributed by atoms with Crippen LogP contribution in [0.2, 0.25) is 0 Å². The highest BCUT2D eigenvalue weighted by Crippen LogP contribution is 2.29. The van der Waals surface area contributed by atoms with Crippen LogP contribution in [0.5, 0.6) is 0 Å². The molecule has 1 fully saturated rings. The van der Waals surface area contributed by atoms with Gasteiger partial charge in [0.15, 0.2) is 0 Å². The lowest BCUT2D eigenvalue weighted by molar-refractivity contribution is -0.125. The van der Waals surface area contributed by atoms with E-state index in [0.29, 0.717) is 0 Å². The van der Waals surface area contributed by atoms with E-state index in [-0.39, 0.29) is 24.8 Å². The summed E-state index contributed by atoms with van der Waals surface area (Å²) in [5, 5.41) is 11.3. The summed E-state index contributed by atoms with van der Waals surface area (Å²) in [6, 6.07) is 2.95. The van der Waals surface area contributed by atoms with E-state index in [1.165, 1.54) is 6.07 Å². The first-order valence-corrected chi connectivity index (χ1v) is 6.02. The molecule has 0 radical (unpaired) electrons. The van der Waals surface area contributed by atoms with Crippen molar-refractivity contribution < 1.29 is 23.8 Å². The molecular formula is C13H15FN2O4. The largest absolute Gasteiger partial charge is 0.478 e. The summed E-state index contributed by atoms with van der Waals surface area (Å²) in [6.45, 7) is 2.15. The van der Waals surface area contributed by atoms with Crippen molar-refractivity contribution in [2.45, 2.75) is 13.0 Å². The van der Waals surface area contributed by atoms with Gasteiger partial charge < -0.3 is 20.9 Å². The average Bonchev–Trinajstić information content (AvgIpc) is 2.70. The van der Waals surface area contributed by atoms with Crippen molar-refractivity contribution in [3.63, 3.8) is 0 Å². The summed E-state index contributed by atoms with van der Waals surface area (Å²) in [5.74, 6) is -2.66. The topological polar surface area (TPSA) is 102 Å². The Labute approximate surface area is 114 Å². The fraction of sp³-hybridized carbons (Fsp3) is 0.385. The summed E-state index contributed by atoms with van der Waals surface area (Å²) < 4.78 is 18.7. The first kappa shape index (κ1) is 14.4. The summed E-state index contributed by atoms with van der Waals surface area (Å²) in [7, 11) is 0. The molecular weight excluding hydrogens is 267 g/mol. The number of hydrogen-bond acceptors (Lipinski definition) is 4. The van der Waals surface area contributed by atoms with Gasteiger partial charge in [0.25, 0.3) is 0 Å². The number of ether oxygens (including phenoxy) is 1. The molecule has 4 N–H and O–H groups in total. The number of nitrogens with one attached hydrogen (secondary N) is 1. The number of aromatic carboxylic acids is 1. The van der Waals surface area contributed by atoms with E-state index < -0.39 is 28.8 Å². The average molecular weight is 282 g/mol. The van der Waals surface area contributed by atoms with E-state index in [2.05, 4.69) is 5.32 Å². The minimum Gasteiger partial charge on any atom is -0.478 e. The van der Waals surface area contributed by atoms with Gasteiger partial charge in [0.2, 0.25) is 5.91 Å². The number of carboxylic acids is 1. The maximum atomic E-state index is 13.5. The van der Waals surface area contributed by atoms with Crippen LogP contribution in [0.25, 0.3) is 0 Å². The molecule has 0 aliphatic carbocycles. The lowest BCUT2D eigenvalue weighted by Gasteiger charge is -2.25. The van der Waals surface area contributed by atoms with E-state index in [9.17, 15) is 14.0 Å². The van der Waals surface area contributed by atoms with Crippen LogP contribution >= 0.6 is 0 Å². The Balaban J connectivity index is 2.16. The molecule has 6 nitrogen and oxygen atoms in total. The molecule has 0 aromatic heterocycles. The van der Waals surface area contributed by atoms with Crippen molar-refractivity contribution in [2.24, 2.45) is 11.1 Å². The fourth-order valence-corrected chi connectivity index (χ4v) is 1.96. The van der Waals surface area contributed by atoms with Crippen molar-refractivity contribution in [2.75, 3.05) is 18.5 Å². The Morgan fingerprint density at radius 1 is 1.55 bits per heavy atom. The molecule has 108 valence electrons. The van der Waals surface area contributed by atoms with E-state index in [4.69, 9.17) is 15.6 Å². The molecule has 1 amide bonds. The van der Waals surface area contributed by atoms with Crippen LogP contribution in [0.1, 0.15) is 17.3 Å².